The SMILES string of the molecule is CNc1ncnc2c1c(-c1cccc(O)c1)cn2C(C)C. The molecule has 0 aliphatic carbocycles. The van der Waals surface area contributed by atoms with Crippen molar-refractivity contribution >= 4 is 16.9 Å². The molecule has 0 amide bonds. The molecule has 108 valence electrons. The molecular weight excluding hydrogens is 264 g/mol. The van der Waals surface area contributed by atoms with Crippen LogP contribution in [0.5, 0.6) is 5.75 Å². The van der Waals surface area contributed by atoms with Crippen molar-refractivity contribution in [2.75, 3.05) is 12.4 Å². The molecule has 2 N–H and O–H groups in total. The van der Waals surface area contributed by atoms with Crippen LogP contribution in [-0.4, -0.2) is 26.7 Å². The van der Waals surface area contributed by atoms with Crippen molar-refractivity contribution in [3.05, 3.63) is 36.8 Å². The summed E-state index contributed by atoms with van der Waals surface area (Å²) in [5, 5.41) is 13.8. The minimum atomic E-state index is 0.251. The Morgan fingerprint density at radius 3 is 2.71 bits per heavy atom. The molecule has 0 fully saturated rings. The number of phenols is 1. The van der Waals surface area contributed by atoms with Gasteiger partial charge in [0.1, 0.15) is 23.5 Å². The Balaban J connectivity index is 2.36. The van der Waals surface area contributed by atoms with Gasteiger partial charge in [-0.1, -0.05) is 12.1 Å². The molecule has 5 nitrogen and oxygen atoms in total. The van der Waals surface area contributed by atoms with E-state index in [9.17, 15) is 5.11 Å². The third-order valence-electron chi connectivity index (χ3n) is 3.56. The monoisotopic (exact) mass is 282 g/mol. The van der Waals surface area contributed by atoms with Gasteiger partial charge >= 0.3 is 0 Å². The normalized spacial score (nSPS) is 11.2. The summed E-state index contributed by atoms with van der Waals surface area (Å²) in [6, 6.07) is 7.53. The molecule has 0 saturated heterocycles. The Bertz CT molecular complexity index is 792. The van der Waals surface area contributed by atoms with Gasteiger partial charge in [0, 0.05) is 24.8 Å². The molecule has 2 aromatic heterocycles. The van der Waals surface area contributed by atoms with Crippen LogP contribution in [0.25, 0.3) is 22.2 Å². The van der Waals surface area contributed by atoms with Crippen molar-refractivity contribution in [1.82, 2.24) is 14.5 Å². The van der Waals surface area contributed by atoms with Gasteiger partial charge in [-0.05, 0) is 31.5 Å². The van der Waals surface area contributed by atoms with E-state index in [0.29, 0.717) is 0 Å². The molecule has 0 aliphatic rings. The second kappa shape index (κ2) is 5.09. The lowest BCUT2D eigenvalue weighted by Crippen LogP contribution is -2.01. The van der Waals surface area contributed by atoms with Gasteiger partial charge in [0.15, 0.2) is 0 Å². The van der Waals surface area contributed by atoms with Crippen molar-refractivity contribution in [2.45, 2.75) is 19.9 Å². The fraction of sp³-hybridized carbons (Fsp3) is 0.250. The fourth-order valence-corrected chi connectivity index (χ4v) is 2.56. The molecule has 3 aromatic rings. The lowest BCUT2D eigenvalue weighted by atomic mass is 10.1. The average Bonchev–Trinajstić information content (AvgIpc) is 2.87. The van der Waals surface area contributed by atoms with Crippen molar-refractivity contribution in [3.8, 4) is 16.9 Å². The van der Waals surface area contributed by atoms with E-state index in [0.717, 1.165) is 28.0 Å². The number of hydrogen-bond donors (Lipinski definition) is 2. The first-order valence-electron chi connectivity index (χ1n) is 6.94. The zero-order valence-electron chi connectivity index (χ0n) is 12.3. The molecule has 0 bridgehead atoms. The number of hydrogen-bond acceptors (Lipinski definition) is 4. The summed E-state index contributed by atoms with van der Waals surface area (Å²) in [5.41, 5.74) is 2.85. The molecule has 2 heterocycles. The predicted octanol–water partition coefficient (Wildman–Crippen LogP) is 3.43. The zero-order valence-corrected chi connectivity index (χ0v) is 12.3. The number of benzene rings is 1. The maximum Gasteiger partial charge on any atom is 0.146 e. The quantitative estimate of drug-likeness (QED) is 0.772. The van der Waals surface area contributed by atoms with Gasteiger partial charge in [-0.3, -0.25) is 0 Å². The van der Waals surface area contributed by atoms with E-state index < -0.39 is 0 Å². The highest BCUT2D eigenvalue weighted by Crippen LogP contribution is 2.35. The number of aromatic nitrogens is 3. The Morgan fingerprint density at radius 1 is 1.24 bits per heavy atom. The van der Waals surface area contributed by atoms with Crippen LogP contribution in [0.3, 0.4) is 0 Å². The molecule has 5 heteroatoms. The molecule has 0 spiro atoms. The number of anilines is 1. The summed E-state index contributed by atoms with van der Waals surface area (Å²) in [4.78, 5) is 8.74. The molecule has 0 unspecified atom stereocenters. The van der Waals surface area contributed by atoms with E-state index in [2.05, 4.69) is 39.9 Å². The van der Waals surface area contributed by atoms with Gasteiger partial charge in [0.05, 0.1) is 5.39 Å². The minimum Gasteiger partial charge on any atom is -0.508 e. The summed E-state index contributed by atoms with van der Waals surface area (Å²) in [6.45, 7) is 4.24. The van der Waals surface area contributed by atoms with Crippen LogP contribution in [0.4, 0.5) is 5.82 Å². The van der Waals surface area contributed by atoms with E-state index in [4.69, 9.17) is 0 Å². The summed E-state index contributed by atoms with van der Waals surface area (Å²) in [7, 11) is 1.85. The number of nitrogens with zero attached hydrogens (tertiary/aromatic N) is 3. The van der Waals surface area contributed by atoms with E-state index >= 15 is 0 Å². The van der Waals surface area contributed by atoms with Crippen LogP contribution < -0.4 is 5.32 Å². The van der Waals surface area contributed by atoms with Crippen molar-refractivity contribution < 1.29 is 5.11 Å². The van der Waals surface area contributed by atoms with E-state index in [1.54, 1.807) is 18.5 Å². The Morgan fingerprint density at radius 2 is 2.05 bits per heavy atom. The zero-order chi connectivity index (χ0) is 15.0. The van der Waals surface area contributed by atoms with Crippen LogP contribution in [0.1, 0.15) is 19.9 Å². The number of phenolic OH excluding ortho intramolecular Hbond substituents is 1. The van der Waals surface area contributed by atoms with Gasteiger partial charge in [-0.25, -0.2) is 9.97 Å². The first-order valence-corrected chi connectivity index (χ1v) is 6.94. The standard InChI is InChI=1S/C16H18N4O/c1-10(2)20-8-13(11-5-4-6-12(21)7-11)14-15(17-3)18-9-19-16(14)20/h4-10,21H,1-3H3,(H,17,18,19). The number of aromatic hydroxyl groups is 1. The highest BCUT2D eigenvalue weighted by Gasteiger charge is 2.17. The number of rotatable bonds is 3. The van der Waals surface area contributed by atoms with E-state index in [1.807, 2.05) is 19.2 Å². The lowest BCUT2D eigenvalue weighted by molar-refractivity contribution is 0.475. The third-order valence-corrected chi connectivity index (χ3v) is 3.56. The van der Waals surface area contributed by atoms with Crippen LogP contribution >= 0.6 is 0 Å². The van der Waals surface area contributed by atoms with Gasteiger partial charge in [-0.2, -0.15) is 0 Å². The van der Waals surface area contributed by atoms with Crippen molar-refractivity contribution in [3.63, 3.8) is 0 Å². The van der Waals surface area contributed by atoms with Gasteiger partial charge in [0.2, 0.25) is 0 Å². The predicted molar refractivity (Wildman–Crippen MR) is 84.6 cm³/mol. The number of fused-ring (bicyclic) bond motifs is 1. The second-order valence-electron chi connectivity index (χ2n) is 5.27. The topological polar surface area (TPSA) is 63.0 Å². The third kappa shape index (κ3) is 2.20. The summed E-state index contributed by atoms with van der Waals surface area (Å²) >= 11 is 0. The molecule has 1 aromatic carbocycles. The molecule has 0 atom stereocenters. The van der Waals surface area contributed by atoms with Crippen LogP contribution in [0.15, 0.2) is 36.8 Å². The molecule has 3 rings (SSSR count). The Labute approximate surface area is 123 Å². The summed E-state index contributed by atoms with van der Waals surface area (Å²) in [5.74, 6) is 1.04. The smallest absolute Gasteiger partial charge is 0.146 e. The highest BCUT2D eigenvalue weighted by atomic mass is 16.3. The number of nitrogens with one attached hydrogen (secondary N) is 1. The van der Waals surface area contributed by atoms with E-state index in [-0.39, 0.29) is 11.8 Å². The minimum absolute atomic E-state index is 0.251. The van der Waals surface area contributed by atoms with Gasteiger partial charge < -0.3 is 15.0 Å². The van der Waals surface area contributed by atoms with Crippen molar-refractivity contribution in [1.29, 1.82) is 0 Å². The summed E-state index contributed by atoms with van der Waals surface area (Å²) < 4.78 is 2.12. The fourth-order valence-electron chi connectivity index (χ4n) is 2.56. The molecular formula is C16H18N4O. The van der Waals surface area contributed by atoms with Crippen molar-refractivity contribution in [2.24, 2.45) is 0 Å². The second-order valence-corrected chi connectivity index (χ2v) is 5.27. The van der Waals surface area contributed by atoms with Crippen LogP contribution in [0, 0.1) is 0 Å². The first-order chi connectivity index (χ1) is 10.1. The Hall–Kier alpha value is -2.56. The first kappa shape index (κ1) is 13.4. The van der Waals surface area contributed by atoms with Gasteiger partial charge in [-0.15, -0.1) is 0 Å². The highest BCUT2D eigenvalue weighted by molar-refractivity contribution is 6.01. The maximum atomic E-state index is 9.74. The molecule has 0 saturated carbocycles. The van der Waals surface area contributed by atoms with Crippen LogP contribution in [0.2, 0.25) is 0 Å². The lowest BCUT2D eigenvalue weighted by Gasteiger charge is -2.08. The van der Waals surface area contributed by atoms with Gasteiger partial charge in [0.25, 0.3) is 0 Å². The molecule has 0 radical (unpaired) electrons. The summed E-state index contributed by atoms with van der Waals surface area (Å²) in [6.07, 6.45) is 3.64. The van der Waals surface area contributed by atoms with Crippen LogP contribution in [-0.2, 0) is 0 Å². The maximum absolute atomic E-state index is 9.74. The average molecular weight is 282 g/mol. The largest absolute Gasteiger partial charge is 0.508 e. The molecule has 0 aliphatic heterocycles. The molecule has 21 heavy (non-hydrogen) atoms. The van der Waals surface area contributed by atoms with E-state index in [1.165, 1.54) is 0 Å². The Kier molecular flexibility index (Phi) is 3.25.